The van der Waals surface area contributed by atoms with Crippen LogP contribution >= 0.6 is 36.6 Å². The second-order valence-corrected chi connectivity index (χ2v) is 7.66. The minimum absolute atomic E-state index is 0. The lowest BCUT2D eigenvalue weighted by Crippen LogP contribution is -2.50. The van der Waals surface area contributed by atoms with Crippen LogP contribution in [0.4, 0.5) is 0 Å². The molecule has 0 bridgehead atoms. The highest BCUT2D eigenvalue weighted by Gasteiger charge is 2.24. The van der Waals surface area contributed by atoms with E-state index < -0.39 is 0 Å². The lowest BCUT2D eigenvalue weighted by Gasteiger charge is -2.36. The van der Waals surface area contributed by atoms with E-state index in [1.54, 1.807) is 0 Å². The molecule has 0 aromatic heterocycles. The summed E-state index contributed by atoms with van der Waals surface area (Å²) in [5.74, 6) is 2.56. The minimum atomic E-state index is 0. The molecule has 1 unspecified atom stereocenters. The second-order valence-electron chi connectivity index (χ2n) is 6.51. The van der Waals surface area contributed by atoms with Gasteiger partial charge in [0.2, 0.25) is 5.91 Å². The Morgan fingerprint density at radius 3 is 2.56 bits per heavy atom. The Morgan fingerprint density at radius 2 is 1.92 bits per heavy atom. The molecule has 2 saturated heterocycles. The summed E-state index contributed by atoms with van der Waals surface area (Å²) in [6.45, 7) is 7.89. The number of piperazine rings is 1. The van der Waals surface area contributed by atoms with Gasteiger partial charge in [0.25, 0.3) is 0 Å². The van der Waals surface area contributed by atoms with E-state index in [0.717, 1.165) is 45.0 Å². The number of hydrogen-bond donors (Lipinski definition) is 1. The zero-order valence-electron chi connectivity index (χ0n) is 14.8. The summed E-state index contributed by atoms with van der Waals surface area (Å²) < 4.78 is 0. The number of carbonyl (C=O) groups excluding carboxylic acids is 1. The fourth-order valence-electron chi connectivity index (χ4n) is 3.27. The largest absolute Gasteiger partial charge is 0.340 e. The van der Waals surface area contributed by atoms with Crippen LogP contribution in [-0.4, -0.2) is 66.0 Å². The van der Waals surface area contributed by atoms with Crippen LogP contribution in [0.25, 0.3) is 0 Å². The third kappa shape index (κ3) is 6.65. The van der Waals surface area contributed by atoms with Crippen molar-refractivity contribution < 1.29 is 4.79 Å². The molecule has 2 heterocycles. The zero-order valence-corrected chi connectivity index (χ0v) is 17.2. The van der Waals surface area contributed by atoms with Crippen molar-refractivity contribution in [2.24, 2.45) is 0 Å². The molecule has 7 heteroatoms. The van der Waals surface area contributed by atoms with Gasteiger partial charge in [-0.3, -0.25) is 9.69 Å². The Kier molecular flexibility index (Phi) is 10.2. The van der Waals surface area contributed by atoms with Crippen LogP contribution in [0, 0.1) is 6.92 Å². The normalized spacial score (nSPS) is 21.2. The zero-order chi connectivity index (χ0) is 16.1. The molecule has 0 spiro atoms. The fraction of sp³-hybridized carbons (Fsp3) is 0.611. The Bertz CT molecular complexity index is 533. The van der Waals surface area contributed by atoms with Crippen molar-refractivity contribution in [1.82, 2.24) is 15.1 Å². The quantitative estimate of drug-likeness (QED) is 0.834. The predicted octanol–water partition coefficient (Wildman–Crippen LogP) is 2.58. The fourth-order valence-corrected chi connectivity index (χ4v) is 4.22. The summed E-state index contributed by atoms with van der Waals surface area (Å²) in [6.07, 6.45) is 0.658. The number of aryl methyl sites for hydroxylation is 1. The summed E-state index contributed by atoms with van der Waals surface area (Å²) >= 11 is 1.95. The third-order valence-corrected chi connectivity index (χ3v) is 5.93. The van der Waals surface area contributed by atoms with Gasteiger partial charge in [-0.1, -0.05) is 24.3 Å². The molecule has 0 saturated carbocycles. The standard InChI is InChI=1S/C18H27N3OS.2ClH/c1-15-4-2-3-5-16(15)13-20-7-9-21(10-8-20)18(22)12-17-14-23-11-6-19-17;;/h2-5,17,19H,6-14H2,1H3;2*1H. The summed E-state index contributed by atoms with van der Waals surface area (Å²) in [6, 6.07) is 8.94. The summed E-state index contributed by atoms with van der Waals surface area (Å²) in [4.78, 5) is 17.0. The maximum Gasteiger partial charge on any atom is 0.224 e. The van der Waals surface area contributed by atoms with E-state index in [1.807, 2.05) is 11.8 Å². The van der Waals surface area contributed by atoms with Crippen LogP contribution in [0.2, 0.25) is 0 Å². The number of rotatable bonds is 4. The average Bonchev–Trinajstić information content (AvgIpc) is 2.58. The van der Waals surface area contributed by atoms with Crippen LogP contribution in [0.15, 0.2) is 24.3 Å². The molecule has 2 aliphatic heterocycles. The van der Waals surface area contributed by atoms with Crippen LogP contribution in [0.5, 0.6) is 0 Å². The number of halogens is 2. The first-order chi connectivity index (χ1) is 11.2. The molecule has 142 valence electrons. The van der Waals surface area contributed by atoms with Gasteiger partial charge in [-0.2, -0.15) is 11.8 Å². The van der Waals surface area contributed by atoms with Crippen molar-refractivity contribution in [3.8, 4) is 0 Å². The third-order valence-electron chi connectivity index (χ3n) is 4.80. The van der Waals surface area contributed by atoms with E-state index in [2.05, 4.69) is 46.3 Å². The van der Waals surface area contributed by atoms with E-state index in [-0.39, 0.29) is 24.8 Å². The van der Waals surface area contributed by atoms with E-state index in [1.165, 1.54) is 16.9 Å². The van der Waals surface area contributed by atoms with Crippen molar-refractivity contribution >= 4 is 42.5 Å². The van der Waals surface area contributed by atoms with Crippen LogP contribution in [-0.2, 0) is 11.3 Å². The van der Waals surface area contributed by atoms with E-state index in [4.69, 9.17) is 0 Å². The monoisotopic (exact) mass is 405 g/mol. The molecule has 2 aliphatic rings. The number of thioether (sulfide) groups is 1. The molecule has 0 aliphatic carbocycles. The molecule has 0 radical (unpaired) electrons. The van der Waals surface area contributed by atoms with Crippen molar-refractivity contribution in [3.05, 3.63) is 35.4 Å². The summed E-state index contributed by atoms with van der Waals surface area (Å²) in [5.41, 5.74) is 2.75. The first-order valence-electron chi connectivity index (χ1n) is 8.58. The Balaban J connectivity index is 0.00000156. The lowest BCUT2D eigenvalue weighted by molar-refractivity contribution is -0.133. The van der Waals surface area contributed by atoms with Gasteiger partial charge in [-0.15, -0.1) is 24.8 Å². The number of amides is 1. The van der Waals surface area contributed by atoms with E-state index in [9.17, 15) is 4.79 Å². The van der Waals surface area contributed by atoms with Gasteiger partial charge in [0.15, 0.2) is 0 Å². The predicted molar refractivity (Wildman–Crippen MR) is 111 cm³/mol. The second kappa shape index (κ2) is 11.3. The lowest BCUT2D eigenvalue weighted by atomic mass is 10.1. The Morgan fingerprint density at radius 1 is 1.20 bits per heavy atom. The smallest absolute Gasteiger partial charge is 0.224 e. The van der Waals surface area contributed by atoms with Crippen molar-refractivity contribution in [2.75, 3.05) is 44.2 Å². The highest BCUT2D eigenvalue weighted by molar-refractivity contribution is 7.99. The number of carbonyl (C=O) groups is 1. The maximum atomic E-state index is 12.4. The molecule has 3 rings (SSSR count). The molecule has 1 amide bonds. The Labute approximate surface area is 167 Å². The van der Waals surface area contributed by atoms with Crippen molar-refractivity contribution in [1.29, 1.82) is 0 Å². The van der Waals surface area contributed by atoms with Crippen LogP contribution < -0.4 is 5.32 Å². The average molecular weight is 406 g/mol. The van der Waals surface area contributed by atoms with Gasteiger partial charge in [0.05, 0.1) is 0 Å². The molecule has 1 N–H and O–H groups in total. The molecule has 1 aromatic carbocycles. The van der Waals surface area contributed by atoms with Gasteiger partial charge in [0, 0.05) is 63.2 Å². The van der Waals surface area contributed by atoms with Gasteiger partial charge >= 0.3 is 0 Å². The number of benzene rings is 1. The van der Waals surface area contributed by atoms with Gasteiger partial charge < -0.3 is 10.2 Å². The molecule has 25 heavy (non-hydrogen) atoms. The first-order valence-corrected chi connectivity index (χ1v) is 9.73. The van der Waals surface area contributed by atoms with Gasteiger partial charge in [0.1, 0.15) is 0 Å². The highest BCUT2D eigenvalue weighted by atomic mass is 35.5. The molecule has 1 aromatic rings. The number of hydrogen-bond acceptors (Lipinski definition) is 4. The number of nitrogens with one attached hydrogen (secondary N) is 1. The topological polar surface area (TPSA) is 35.6 Å². The SMILES string of the molecule is Cc1ccccc1CN1CCN(C(=O)CC2CSCCN2)CC1.Cl.Cl. The van der Waals surface area contributed by atoms with Crippen molar-refractivity contribution in [3.63, 3.8) is 0 Å². The van der Waals surface area contributed by atoms with Gasteiger partial charge in [-0.05, 0) is 18.1 Å². The van der Waals surface area contributed by atoms with E-state index in [0.29, 0.717) is 18.4 Å². The maximum absolute atomic E-state index is 12.4. The molecular formula is C18H29Cl2N3OS. The molecule has 2 fully saturated rings. The van der Waals surface area contributed by atoms with Gasteiger partial charge in [-0.25, -0.2) is 0 Å². The minimum Gasteiger partial charge on any atom is -0.340 e. The van der Waals surface area contributed by atoms with Crippen molar-refractivity contribution in [2.45, 2.75) is 25.9 Å². The summed E-state index contributed by atoms with van der Waals surface area (Å²) in [5, 5.41) is 3.46. The number of nitrogens with zero attached hydrogens (tertiary/aromatic N) is 2. The highest BCUT2D eigenvalue weighted by Crippen LogP contribution is 2.15. The Hall–Kier alpha value is -0.460. The van der Waals surface area contributed by atoms with Crippen LogP contribution in [0.1, 0.15) is 17.5 Å². The molecule has 4 nitrogen and oxygen atoms in total. The summed E-state index contributed by atoms with van der Waals surface area (Å²) in [7, 11) is 0. The molecular weight excluding hydrogens is 377 g/mol. The van der Waals surface area contributed by atoms with E-state index >= 15 is 0 Å². The first kappa shape index (κ1) is 22.6. The van der Waals surface area contributed by atoms with Crippen LogP contribution in [0.3, 0.4) is 0 Å². The molecule has 1 atom stereocenters.